The van der Waals surface area contributed by atoms with Crippen LogP contribution in [0.3, 0.4) is 0 Å². The minimum Gasteiger partial charge on any atom is -0.293 e. The molecule has 1 rings (SSSR count). The summed E-state index contributed by atoms with van der Waals surface area (Å²) in [6, 6.07) is 0.538. The van der Waals surface area contributed by atoms with Crippen molar-refractivity contribution >= 4 is 44.2 Å². The molecule has 0 aromatic carbocycles. The molecule has 1 aliphatic heterocycles. The van der Waals surface area contributed by atoms with Crippen molar-refractivity contribution in [1.82, 2.24) is 9.62 Å². The van der Waals surface area contributed by atoms with Gasteiger partial charge in [-0.1, -0.05) is 8.28 Å². The van der Waals surface area contributed by atoms with Gasteiger partial charge in [-0.05, 0) is 25.6 Å². The summed E-state index contributed by atoms with van der Waals surface area (Å²) in [5, 5.41) is 0. The van der Waals surface area contributed by atoms with E-state index >= 15 is 0 Å². The second kappa shape index (κ2) is 5.42. The largest absolute Gasteiger partial charge is 0.293 e. The van der Waals surface area contributed by atoms with Gasteiger partial charge in [-0.2, -0.15) is 12.6 Å². The SMILES string of the molecule is CS(S)(S)NC1CCCN(CS)C1. The molecule has 0 spiro atoms. The minimum absolute atomic E-state index is 0.538. The summed E-state index contributed by atoms with van der Waals surface area (Å²) in [5.41, 5.74) is 0. The van der Waals surface area contributed by atoms with Crippen molar-refractivity contribution in [3.63, 3.8) is 0 Å². The number of nitrogens with zero attached hydrogens (tertiary/aromatic N) is 1. The number of likely N-dealkylation sites (tertiary alicyclic amines) is 1. The number of hydrogen-bond donors (Lipinski definition) is 4. The molecular formula is C7H18N2S4. The monoisotopic (exact) mass is 258 g/mol. The van der Waals surface area contributed by atoms with Crippen LogP contribution in [0.15, 0.2) is 0 Å². The molecule has 1 saturated heterocycles. The molecule has 13 heavy (non-hydrogen) atoms. The lowest BCUT2D eigenvalue weighted by Crippen LogP contribution is -2.44. The topological polar surface area (TPSA) is 15.3 Å². The van der Waals surface area contributed by atoms with E-state index in [-0.39, 0.29) is 0 Å². The molecule has 1 unspecified atom stereocenters. The van der Waals surface area contributed by atoms with Crippen molar-refractivity contribution in [2.45, 2.75) is 18.9 Å². The standard InChI is InChI=1S/C7H18N2S4/c1-13(11,12)8-7-3-2-4-9(5-7)6-10/h7-8,10-12H,2-6H2,1H3. The van der Waals surface area contributed by atoms with Crippen LogP contribution in [0.2, 0.25) is 0 Å². The molecule has 0 amide bonds. The van der Waals surface area contributed by atoms with Crippen LogP contribution in [0.1, 0.15) is 12.8 Å². The molecule has 0 aliphatic carbocycles. The van der Waals surface area contributed by atoms with Gasteiger partial charge in [0.2, 0.25) is 0 Å². The molecule has 0 aromatic heterocycles. The lowest BCUT2D eigenvalue weighted by Gasteiger charge is -2.37. The quantitative estimate of drug-likeness (QED) is 0.457. The van der Waals surface area contributed by atoms with Crippen LogP contribution in [-0.4, -0.2) is 36.2 Å². The smallest absolute Gasteiger partial charge is 0.0414 e. The van der Waals surface area contributed by atoms with Crippen LogP contribution in [-0.2, 0) is 0 Å². The van der Waals surface area contributed by atoms with Crippen molar-refractivity contribution in [1.29, 1.82) is 0 Å². The molecule has 80 valence electrons. The third-order valence-corrected chi connectivity index (χ3v) is 3.91. The first-order valence-corrected chi connectivity index (χ1v) is 9.13. The Morgan fingerprint density at radius 3 is 2.77 bits per heavy atom. The third kappa shape index (κ3) is 5.09. The number of hydrogen-bond acceptors (Lipinski definition) is 5. The zero-order chi connectivity index (χ0) is 9.90. The number of thiol groups is 3. The van der Waals surface area contributed by atoms with Crippen LogP contribution in [0, 0.1) is 0 Å². The molecule has 0 radical (unpaired) electrons. The predicted octanol–water partition coefficient (Wildman–Crippen LogP) is 1.97. The average Bonchev–Trinajstić information content (AvgIpc) is 2.01. The van der Waals surface area contributed by atoms with Gasteiger partial charge < -0.3 is 0 Å². The summed E-state index contributed by atoms with van der Waals surface area (Å²) in [4.78, 5) is 2.34. The van der Waals surface area contributed by atoms with E-state index in [4.69, 9.17) is 0 Å². The van der Waals surface area contributed by atoms with Gasteiger partial charge in [0, 0.05) is 18.5 Å². The Hall–Kier alpha value is 1.32. The second-order valence-corrected chi connectivity index (χ2v) is 10.9. The lowest BCUT2D eigenvalue weighted by molar-refractivity contribution is 0.236. The van der Waals surface area contributed by atoms with Crippen molar-refractivity contribution < 1.29 is 0 Å². The van der Waals surface area contributed by atoms with Gasteiger partial charge in [-0.3, -0.25) is 9.62 Å². The van der Waals surface area contributed by atoms with Gasteiger partial charge >= 0.3 is 0 Å². The molecule has 0 bridgehead atoms. The normalized spacial score (nSPS) is 27.5. The fourth-order valence-corrected chi connectivity index (χ4v) is 3.57. The summed E-state index contributed by atoms with van der Waals surface area (Å²) in [6.07, 6.45) is 4.52. The summed E-state index contributed by atoms with van der Waals surface area (Å²) in [5.74, 6) is 0.851. The Bertz CT molecular complexity index is 159. The van der Waals surface area contributed by atoms with E-state index < -0.39 is 8.28 Å². The van der Waals surface area contributed by atoms with E-state index in [9.17, 15) is 0 Å². The van der Waals surface area contributed by atoms with Gasteiger partial charge in [-0.25, -0.2) is 0 Å². The second-order valence-electron chi connectivity index (χ2n) is 3.51. The van der Waals surface area contributed by atoms with E-state index in [2.05, 4.69) is 45.6 Å². The molecule has 1 heterocycles. The highest BCUT2D eigenvalue weighted by Gasteiger charge is 2.21. The zero-order valence-electron chi connectivity index (χ0n) is 7.81. The summed E-state index contributed by atoms with van der Waals surface area (Å²) < 4.78 is 3.46. The van der Waals surface area contributed by atoms with Gasteiger partial charge in [-0.15, -0.1) is 23.3 Å². The van der Waals surface area contributed by atoms with E-state index in [0.29, 0.717) is 6.04 Å². The molecule has 6 heteroatoms. The van der Waals surface area contributed by atoms with E-state index in [0.717, 1.165) is 12.4 Å². The third-order valence-electron chi connectivity index (χ3n) is 2.10. The maximum atomic E-state index is 4.42. The molecule has 0 aromatic rings. The maximum absolute atomic E-state index is 4.42. The lowest BCUT2D eigenvalue weighted by atomic mass is 10.1. The molecule has 2 nitrogen and oxygen atoms in total. The summed E-state index contributed by atoms with van der Waals surface area (Å²) in [7, 11) is -1.17. The van der Waals surface area contributed by atoms with Crippen LogP contribution in [0.5, 0.6) is 0 Å². The van der Waals surface area contributed by atoms with Crippen molar-refractivity contribution in [2.24, 2.45) is 0 Å². The maximum Gasteiger partial charge on any atom is 0.0414 e. The molecule has 1 aliphatic rings. The average molecular weight is 259 g/mol. The first-order valence-electron chi connectivity index (χ1n) is 4.35. The van der Waals surface area contributed by atoms with Crippen LogP contribution < -0.4 is 4.72 Å². The zero-order valence-corrected chi connectivity index (χ0v) is 11.3. The highest BCUT2D eigenvalue weighted by atomic mass is 33.5. The van der Waals surface area contributed by atoms with Gasteiger partial charge in [0.1, 0.15) is 0 Å². The van der Waals surface area contributed by atoms with E-state index in [1.807, 2.05) is 6.26 Å². The predicted molar refractivity (Wildman–Crippen MR) is 73.1 cm³/mol. The fourth-order valence-electron chi connectivity index (χ4n) is 1.60. The summed E-state index contributed by atoms with van der Waals surface area (Å²) >= 11 is 13.1. The molecule has 0 saturated carbocycles. The Labute approximate surface area is 97.7 Å². The highest BCUT2D eigenvalue weighted by Crippen LogP contribution is 2.49. The number of piperidine rings is 1. The van der Waals surface area contributed by atoms with Crippen LogP contribution in [0.4, 0.5) is 0 Å². The molecule has 1 fully saturated rings. The van der Waals surface area contributed by atoms with Gasteiger partial charge in [0.25, 0.3) is 0 Å². The minimum atomic E-state index is -1.17. The Balaban J connectivity index is 2.34. The molecule has 1 N–H and O–H groups in total. The first-order chi connectivity index (χ1) is 6.01. The van der Waals surface area contributed by atoms with E-state index in [1.54, 1.807) is 0 Å². The fraction of sp³-hybridized carbons (Fsp3) is 1.00. The van der Waals surface area contributed by atoms with Crippen molar-refractivity contribution in [3.8, 4) is 0 Å². The first kappa shape index (κ1) is 12.4. The van der Waals surface area contributed by atoms with Gasteiger partial charge in [0.15, 0.2) is 0 Å². The van der Waals surface area contributed by atoms with Gasteiger partial charge in [0.05, 0.1) is 0 Å². The molecular weight excluding hydrogens is 240 g/mol. The Morgan fingerprint density at radius 1 is 1.54 bits per heavy atom. The highest BCUT2D eigenvalue weighted by molar-refractivity contribution is 9.17. The number of rotatable bonds is 3. The van der Waals surface area contributed by atoms with Crippen LogP contribution >= 0.6 is 44.2 Å². The van der Waals surface area contributed by atoms with Crippen molar-refractivity contribution in [3.05, 3.63) is 0 Å². The molecule has 1 atom stereocenters. The van der Waals surface area contributed by atoms with E-state index in [1.165, 1.54) is 19.4 Å². The van der Waals surface area contributed by atoms with Crippen LogP contribution in [0.25, 0.3) is 0 Å². The van der Waals surface area contributed by atoms with Crippen molar-refractivity contribution in [2.75, 3.05) is 25.2 Å². The Kier molecular flexibility index (Phi) is 5.16. The number of nitrogens with one attached hydrogen (secondary N) is 1. The summed E-state index contributed by atoms with van der Waals surface area (Å²) in [6.45, 7) is 2.25. The Morgan fingerprint density at radius 2 is 2.23 bits per heavy atom.